The highest BCUT2D eigenvalue weighted by Gasteiger charge is 2.34. The van der Waals surface area contributed by atoms with Gasteiger partial charge in [-0.1, -0.05) is 12.8 Å². The van der Waals surface area contributed by atoms with Crippen molar-refractivity contribution in [3.8, 4) is 0 Å². The lowest BCUT2D eigenvalue weighted by molar-refractivity contribution is 0.509. The molecule has 1 aromatic heterocycles. The van der Waals surface area contributed by atoms with Gasteiger partial charge in [0.25, 0.3) is 0 Å². The number of rotatable bonds is 3. The molecule has 2 aromatic rings. The molecule has 20 heavy (non-hydrogen) atoms. The van der Waals surface area contributed by atoms with E-state index in [1.54, 1.807) is 12.1 Å². The monoisotopic (exact) mass is 374 g/mol. The molecule has 0 radical (unpaired) electrons. The molecule has 0 bridgehead atoms. The zero-order valence-electron chi connectivity index (χ0n) is 11.2. The van der Waals surface area contributed by atoms with E-state index in [2.05, 4.69) is 31.7 Å². The molecule has 1 aliphatic rings. The predicted molar refractivity (Wildman–Crippen MR) is 89.5 cm³/mol. The highest BCUT2D eigenvalue weighted by atomic mass is 79.9. The van der Waals surface area contributed by atoms with Gasteiger partial charge in [-0.3, -0.25) is 0 Å². The fourth-order valence-electron chi connectivity index (χ4n) is 3.04. The summed E-state index contributed by atoms with van der Waals surface area (Å²) in [7, 11) is 0. The van der Waals surface area contributed by atoms with Crippen LogP contribution in [0, 0.1) is 10.6 Å². The van der Waals surface area contributed by atoms with Crippen molar-refractivity contribution in [1.29, 1.82) is 0 Å². The quantitative estimate of drug-likeness (QED) is 0.737. The van der Waals surface area contributed by atoms with Crippen molar-refractivity contribution >= 4 is 50.9 Å². The van der Waals surface area contributed by atoms with Crippen LogP contribution in [0.1, 0.15) is 25.7 Å². The van der Waals surface area contributed by atoms with E-state index in [0.29, 0.717) is 9.24 Å². The standard InChI is InChI=1S/C14H16BrFN2S2/c1-20-14(4-2-3-5-14)8-18-12-7-10(16)9(15)6-11(12)17-13(18)19/h6-7H,2-5,8H2,1H3,(H,17,19). The van der Waals surface area contributed by atoms with Gasteiger partial charge < -0.3 is 9.55 Å². The summed E-state index contributed by atoms with van der Waals surface area (Å²) in [6, 6.07) is 3.33. The second kappa shape index (κ2) is 5.46. The summed E-state index contributed by atoms with van der Waals surface area (Å²) >= 11 is 10.6. The second-order valence-electron chi connectivity index (χ2n) is 5.39. The Morgan fingerprint density at radius 3 is 2.80 bits per heavy atom. The lowest BCUT2D eigenvalue weighted by Gasteiger charge is -2.27. The van der Waals surface area contributed by atoms with E-state index < -0.39 is 0 Å². The Bertz CT molecular complexity index is 701. The molecule has 0 spiro atoms. The summed E-state index contributed by atoms with van der Waals surface area (Å²) in [5.74, 6) is -0.245. The maximum Gasteiger partial charge on any atom is 0.178 e. The molecule has 108 valence electrons. The molecule has 0 amide bonds. The van der Waals surface area contributed by atoms with Crippen LogP contribution in [0.15, 0.2) is 16.6 Å². The molecule has 1 aliphatic carbocycles. The minimum Gasteiger partial charge on any atom is -0.331 e. The normalized spacial score (nSPS) is 17.9. The Labute approximate surface area is 135 Å². The number of hydrogen-bond donors (Lipinski definition) is 1. The van der Waals surface area contributed by atoms with Gasteiger partial charge in [0, 0.05) is 17.4 Å². The highest BCUT2D eigenvalue weighted by Crippen LogP contribution is 2.42. The number of halogens is 2. The van der Waals surface area contributed by atoms with Crippen LogP contribution in [-0.4, -0.2) is 20.6 Å². The zero-order valence-corrected chi connectivity index (χ0v) is 14.4. The molecule has 0 unspecified atom stereocenters. The minimum atomic E-state index is -0.245. The van der Waals surface area contributed by atoms with Crippen molar-refractivity contribution in [2.24, 2.45) is 0 Å². The van der Waals surface area contributed by atoms with Gasteiger partial charge in [0.05, 0.1) is 15.5 Å². The van der Waals surface area contributed by atoms with E-state index >= 15 is 0 Å². The first-order valence-electron chi connectivity index (χ1n) is 6.67. The van der Waals surface area contributed by atoms with Crippen LogP contribution in [0.2, 0.25) is 0 Å². The highest BCUT2D eigenvalue weighted by molar-refractivity contribution is 9.10. The average Bonchev–Trinajstić information content (AvgIpc) is 2.99. The average molecular weight is 375 g/mol. The fourth-order valence-corrected chi connectivity index (χ4v) is 4.61. The summed E-state index contributed by atoms with van der Waals surface area (Å²) in [6.07, 6.45) is 7.14. The van der Waals surface area contributed by atoms with E-state index in [-0.39, 0.29) is 10.6 Å². The van der Waals surface area contributed by atoms with Crippen LogP contribution in [0.4, 0.5) is 4.39 Å². The third kappa shape index (κ3) is 2.46. The molecule has 2 nitrogen and oxygen atoms in total. The largest absolute Gasteiger partial charge is 0.331 e. The lowest BCUT2D eigenvalue weighted by Crippen LogP contribution is -2.26. The van der Waals surface area contributed by atoms with Gasteiger partial charge in [0.15, 0.2) is 4.77 Å². The van der Waals surface area contributed by atoms with Gasteiger partial charge in [0.2, 0.25) is 0 Å². The van der Waals surface area contributed by atoms with Crippen LogP contribution < -0.4 is 0 Å². The third-order valence-corrected chi connectivity index (χ3v) is 6.54. The number of aromatic nitrogens is 2. The van der Waals surface area contributed by atoms with E-state index in [9.17, 15) is 4.39 Å². The molecular weight excluding hydrogens is 359 g/mol. The SMILES string of the molecule is CSC1(Cn2c(=S)[nH]c3cc(Br)c(F)cc32)CCCC1. The zero-order chi connectivity index (χ0) is 14.3. The van der Waals surface area contributed by atoms with E-state index in [1.807, 2.05) is 11.8 Å². The minimum absolute atomic E-state index is 0.245. The first kappa shape index (κ1) is 14.6. The molecule has 1 aromatic carbocycles. The van der Waals surface area contributed by atoms with Crippen LogP contribution in [0.3, 0.4) is 0 Å². The van der Waals surface area contributed by atoms with E-state index in [1.165, 1.54) is 25.7 Å². The number of aromatic amines is 1. The summed E-state index contributed by atoms with van der Waals surface area (Å²) in [4.78, 5) is 3.18. The van der Waals surface area contributed by atoms with Gasteiger partial charge in [-0.25, -0.2) is 4.39 Å². The third-order valence-electron chi connectivity index (χ3n) is 4.21. The molecule has 1 heterocycles. The van der Waals surface area contributed by atoms with Crippen LogP contribution >= 0.6 is 39.9 Å². The van der Waals surface area contributed by atoms with Crippen LogP contribution in [0.25, 0.3) is 11.0 Å². The van der Waals surface area contributed by atoms with Gasteiger partial charge >= 0.3 is 0 Å². The van der Waals surface area contributed by atoms with Crippen LogP contribution in [-0.2, 0) is 6.54 Å². The number of nitrogens with one attached hydrogen (secondary N) is 1. The first-order chi connectivity index (χ1) is 9.54. The number of hydrogen-bond acceptors (Lipinski definition) is 2. The van der Waals surface area contributed by atoms with Crippen molar-refractivity contribution in [1.82, 2.24) is 9.55 Å². The molecule has 1 N–H and O–H groups in total. The number of H-pyrrole nitrogens is 1. The Balaban J connectivity index is 2.09. The topological polar surface area (TPSA) is 20.7 Å². The number of nitrogens with zero attached hydrogens (tertiary/aromatic N) is 1. The first-order valence-corrected chi connectivity index (χ1v) is 9.10. The smallest absolute Gasteiger partial charge is 0.178 e. The number of imidazole rings is 1. The number of fused-ring (bicyclic) bond motifs is 1. The van der Waals surface area contributed by atoms with Gasteiger partial charge in [-0.2, -0.15) is 11.8 Å². The summed E-state index contributed by atoms with van der Waals surface area (Å²) in [5.41, 5.74) is 1.74. The van der Waals surface area contributed by atoms with Crippen molar-refractivity contribution in [3.05, 3.63) is 27.2 Å². The van der Waals surface area contributed by atoms with Crippen molar-refractivity contribution < 1.29 is 4.39 Å². The molecule has 0 aliphatic heterocycles. The van der Waals surface area contributed by atoms with Crippen molar-refractivity contribution in [2.75, 3.05) is 6.26 Å². The summed E-state index contributed by atoms with van der Waals surface area (Å²) in [6.45, 7) is 0.855. The van der Waals surface area contributed by atoms with Gasteiger partial charge in [0.1, 0.15) is 5.82 Å². The molecule has 1 fully saturated rings. The second-order valence-corrected chi connectivity index (χ2v) is 7.91. The van der Waals surface area contributed by atoms with Crippen molar-refractivity contribution in [2.45, 2.75) is 37.0 Å². The molecule has 6 heteroatoms. The lowest BCUT2D eigenvalue weighted by atomic mass is 10.1. The summed E-state index contributed by atoms with van der Waals surface area (Å²) in [5, 5.41) is 0. The van der Waals surface area contributed by atoms with E-state index in [4.69, 9.17) is 12.2 Å². The maximum atomic E-state index is 13.8. The number of thioether (sulfide) groups is 1. The Morgan fingerprint density at radius 2 is 2.15 bits per heavy atom. The van der Waals surface area contributed by atoms with Crippen molar-refractivity contribution in [3.63, 3.8) is 0 Å². The fraction of sp³-hybridized carbons (Fsp3) is 0.500. The molecule has 3 rings (SSSR count). The van der Waals surface area contributed by atoms with Crippen LogP contribution in [0.5, 0.6) is 0 Å². The molecule has 0 atom stereocenters. The maximum absolute atomic E-state index is 13.8. The van der Waals surface area contributed by atoms with Gasteiger partial charge in [-0.15, -0.1) is 0 Å². The Morgan fingerprint density at radius 1 is 1.45 bits per heavy atom. The Hall–Kier alpha value is -0.330. The van der Waals surface area contributed by atoms with Gasteiger partial charge in [-0.05, 0) is 53.3 Å². The number of benzene rings is 1. The Kier molecular flexibility index (Phi) is 3.99. The summed E-state index contributed by atoms with van der Waals surface area (Å²) < 4.78 is 17.3. The molecule has 1 saturated carbocycles. The molecular formula is C14H16BrFN2S2. The van der Waals surface area contributed by atoms with E-state index in [0.717, 1.165) is 17.6 Å². The molecule has 0 saturated heterocycles. The predicted octanol–water partition coefficient (Wildman–Crippen LogP) is 5.28.